The first-order valence-electron chi connectivity index (χ1n) is 9.47. The highest BCUT2D eigenvalue weighted by Crippen LogP contribution is 2.21. The Morgan fingerprint density at radius 1 is 0.933 bits per heavy atom. The zero-order valence-electron chi connectivity index (χ0n) is 16.6. The number of carbonyl (C=O) groups excluding carboxylic acids is 1. The molecule has 0 fully saturated rings. The minimum Gasteiger partial charge on any atom is -0.387 e. The van der Waals surface area contributed by atoms with E-state index >= 15 is 0 Å². The van der Waals surface area contributed by atoms with Gasteiger partial charge in [-0.05, 0) is 35.4 Å². The number of hydrogen-bond acceptors (Lipinski definition) is 4. The molecule has 0 saturated carbocycles. The first-order chi connectivity index (χ1) is 14.3. The third-order valence-corrected chi connectivity index (χ3v) is 5.77. The van der Waals surface area contributed by atoms with Crippen LogP contribution >= 0.6 is 0 Å². The van der Waals surface area contributed by atoms with Crippen molar-refractivity contribution in [2.24, 2.45) is 0 Å². The fourth-order valence-corrected chi connectivity index (χ4v) is 3.90. The maximum absolute atomic E-state index is 12.4. The molecular weight excluding hydrogens is 400 g/mol. The molecule has 3 rings (SSSR count). The summed E-state index contributed by atoms with van der Waals surface area (Å²) in [5, 5.41) is 12.9. The van der Waals surface area contributed by atoms with Gasteiger partial charge < -0.3 is 10.4 Å². The third kappa shape index (κ3) is 5.68. The van der Waals surface area contributed by atoms with Gasteiger partial charge in [-0.2, -0.15) is 0 Å². The molecule has 156 valence electrons. The smallest absolute Gasteiger partial charge is 0.251 e. The fraction of sp³-hybridized carbons (Fsp3) is 0.174. The molecule has 0 aliphatic carbocycles. The van der Waals surface area contributed by atoms with E-state index in [1.54, 1.807) is 36.4 Å². The lowest BCUT2D eigenvalue weighted by atomic mass is 10.1. The first kappa shape index (κ1) is 21.5. The van der Waals surface area contributed by atoms with Crippen LogP contribution in [0.15, 0.2) is 84.9 Å². The van der Waals surface area contributed by atoms with Crippen molar-refractivity contribution in [3.63, 3.8) is 0 Å². The summed E-state index contributed by atoms with van der Waals surface area (Å²) < 4.78 is 25.9. The Balaban J connectivity index is 1.68. The zero-order chi connectivity index (χ0) is 21.6. The molecule has 0 aliphatic heterocycles. The van der Waals surface area contributed by atoms with Gasteiger partial charge in [0.1, 0.15) is 0 Å². The maximum atomic E-state index is 12.4. The van der Waals surface area contributed by atoms with E-state index in [0.29, 0.717) is 11.3 Å². The highest BCUT2D eigenvalue weighted by Gasteiger charge is 2.18. The van der Waals surface area contributed by atoms with E-state index in [0.717, 1.165) is 17.4 Å². The molecule has 0 aliphatic rings. The summed E-state index contributed by atoms with van der Waals surface area (Å²) in [5.41, 5.74) is 2.44. The van der Waals surface area contributed by atoms with Gasteiger partial charge in [0.05, 0.1) is 24.6 Å². The lowest BCUT2D eigenvalue weighted by Gasteiger charge is -2.22. The van der Waals surface area contributed by atoms with Gasteiger partial charge in [0.2, 0.25) is 10.0 Å². The number of hydrogen-bond donors (Lipinski definition) is 2. The number of carbonyl (C=O) groups is 1. The molecule has 0 bridgehead atoms. The van der Waals surface area contributed by atoms with Crippen LogP contribution in [0.1, 0.15) is 27.6 Å². The van der Waals surface area contributed by atoms with Gasteiger partial charge in [-0.1, -0.05) is 60.7 Å². The minimum atomic E-state index is -3.50. The quantitative estimate of drug-likeness (QED) is 0.582. The summed E-state index contributed by atoms with van der Waals surface area (Å²) in [6.07, 6.45) is 0.350. The van der Waals surface area contributed by atoms with Gasteiger partial charge in [-0.15, -0.1) is 0 Å². The molecule has 0 unspecified atom stereocenters. The number of sulfonamides is 1. The summed E-state index contributed by atoms with van der Waals surface area (Å²) in [5.74, 6) is -0.342. The Kier molecular flexibility index (Phi) is 6.87. The van der Waals surface area contributed by atoms with Gasteiger partial charge in [-0.25, -0.2) is 8.42 Å². The van der Waals surface area contributed by atoms with Gasteiger partial charge in [0.15, 0.2) is 0 Å². The third-order valence-electron chi connectivity index (χ3n) is 4.63. The van der Waals surface area contributed by atoms with Crippen LogP contribution in [0, 0.1) is 0 Å². The molecular formula is C23H24N2O4S. The van der Waals surface area contributed by atoms with E-state index in [1.165, 1.54) is 4.31 Å². The monoisotopic (exact) mass is 424 g/mol. The van der Waals surface area contributed by atoms with E-state index in [1.807, 2.05) is 48.5 Å². The second-order valence-electron chi connectivity index (χ2n) is 6.94. The number of nitrogens with one attached hydrogen (secondary N) is 1. The van der Waals surface area contributed by atoms with E-state index in [2.05, 4.69) is 5.32 Å². The maximum Gasteiger partial charge on any atom is 0.251 e. The van der Waals surface area contributed by atoms with Crippen molar-refractivity contribution in [3.05, 3.63) is 102 Å². The average Bonchev–Trinajstić information content (AvgIpc) is 2.76. The standard InChI is InChI=1S/C23H24N2O4S/c1-30(28,29)25(17-18-8-4-2-5-9-18)21-14-12-20(13-15-21)23(27)24-16-22(26)19-10-6-3-7-11-19/h2-15,22,26H,16-17H2,1H3,(H,24,27)/t22-/m1/s1. The minimum absolute atomic E-state index is 0.0774. The van der Waals surface area contributed by atoms with Crippen molar-refractivity contribution in [3.8, 4) is 0 Å². The SMILES string of the molecule is CS(=O)(=O)N(Cc1ccccc1)c1ccc(C(=O)NC[C@@H](O)c2ccccc2)cc1. The second kappa shape index (κ2) is 9.56. The Morgan fingerprint density at radius 3 is 2.07 bits per heavy atom. The van der Waals surface area contributed by atoms with E-state index in [9.17, 15) is 18.3 Å². The fourth-order valence-electron chi connectivity index (χ4n) is 3.01. The normalized spacial score (nSPS) is 12.2. The predicted molar refractivity (Wildman–Crippen MR) is 118 cm³/mol. The zero-order valence-corrected chi connectivity index (χ0v) is 17.4. The van der Waals surface area contributed by atoms with Crippen LogP contribution in [0.5, 0.6) is 0 Å². The molecule has 0 heterocycles. The summed E-state index contributed by atoms with van der Waals surface area (Å²) in [6.45, 7) is 0.280. The van der Waals surface area contributed by atoms with E-state index in [4.69, 9.17) is 0 Å². The molecule has 0 aromatic heterocycles. The van der Waals surface area contributed by atoms with Crippen molar-refractivity contribution in [1.29, 1.82) is 0 Å². The number of aliphatic hydroxyl groups is 1. The summed E-state index contributed by atoms with van der Waals surface area (Å²) >= 11 is 0. The van der Waals surface area contributed by atoms with Crippen LogP contribution < -0.4 is 9.62 Å². The molecule has 1 atom stereocenters. The lowest BCUT2D eigenvalue weighted by molar-refractivity contribution is 0.0916. The summed E-state index contributed by atoms with van der Waals surface area (Å²) in [7, 11) is -3.50. The Bertz CT molecular complexity index is 1070. The van der Waals surface area contributed by atoms with Gasteiger partial charge >= 0.3 is 0 Å². The highest BCUT2D eigenvalue weighted by molar-refractivity contribution is 7.92. The van der Waals surface area contributed by atoms with E-state index < -0.39 is 16.1 Å². The van der Waals surface area contributed by atoms with Gasteiger partial charge in [0, 0.05) is 12.1 Å². The molecule has 6 nitrogen and oxygen atoms in total. The van der Waals surface area contributed by atoms with Crippen molar-refractivity contribution in [2.45, 2.75) is 12.6 Å². The first-order valence-corrected chi connectivity index (χ1v) is 11.3. The van der Waals surface area contributed by atoms with Crippen LogP contribution in [0.25, 0.3) is 0 Å². The van der Waals surface area contributed by atoms with Crippen LogP contribution in [0.4, 0.5) is 5.69 Å². The molecule has 0 spiro atoms. The molecule has 1 amide bonds. The number of aliphatic hydroxyl groups excluding tert-OH is 1. The van der Waals surface area contributed by atoms with Crippen molar-refractivity contribution >= 4 is 21.6 Å². The molecule has 0 saturated heterocycles. The molecule has 3 aromatic carbocycles. The molecule has 0 radical (unpaired) electrons. The van der Waals surface area contributed by atoms with Crippen LogP contribution in [0.3, 0.4) is 0 Å². The molecule has 30 heavy (non-hydrogen) atoms. The molecule has 2 N–H and O–H groups in total. The number of rotatable bonds is 8. The summed E-state index contributed by atoms with van der Waals surface area (Å²) in [4.78, 5) is 12.4. The topological polar surface area (TPSA) is 86.7 Å². The largest absolute Gasteiger partial charge is 0.387 e. The highest BCUT2D eigenvalue weighted by atomic mass is 32.2. The Morgan fingerprint density at radius 2 is 1.50 bits per heavy atom. The number of amides is 1. The number of nitrogens with zero attached hydrogens (tertiary/aromatic N) is 1. The second-order valence-corrected chi connectivity index (χ2v) is 8.85. The average molecular weight is 425 g/mol. The van der Waals surface area contributed by atoms with Gasteiger partial charge in [0.25, 0.3) is 5.91 Å². The van der Waals surface area contributed by atoms with Crippen LogP contribution in [0.2, 0.25) is 0 Å². The van der Waals surface area contributed by atoms with Crippen LogP contribution in [-0.2, 0) is 16.6 Å². The number of anilines is 1. The van der Waals surface area contributed by atoms with Crippen molar-refractivity contribution in [2.75, 3.05) is 17.1 Å². The van der Waals surface area contributed by atoms with Gasteiger partial charge in [-0.3, -0.25) is 9.10 Å². The molecule has 7 heteroatoms. The van der Waals surface area contributed by atoms with Crippen molar-refractivity contribution < 1.29 is 18.3 Å². The Labute approximate surface area is 176 Å². The molecule has 3 aromatic rings. The van der Waals surface area contributed by atoms with Crippen LogP contribution in [-0.4, -0.2) is 32.2 Å². The van der Waals surface area contributed by atoms with Crippen molar-refractivity contribution in [1.82, 2.24) is 5.32 Å². The lowest BCUT2D eigenvalue weighted by Crippen LogP contribution is -2.30. The summed E-state index contributed by atoms with van der Waals surface area (Å²) in [6, 6.07) is 24.7. The van der Waals surface area contributed by atoms with E-state index in [-0.39, 0.29) is 19.0 Å². The number of benzene rings is 3. The predicted octanol–water partition coefficient (Wildman–Crippen LogP) is 3.12. The Hall–Kier alpha value is -3.16.